The molecule has 1 N–H and O–H groups in total. The molecule has 1 aliphatic carbocycles. The topological polar surface area (TPSA) is 30.5 Å². The van der Waals surface area contributed by atoms with Crippen LogP contribution >= 0.6 is 28.3 Å². The SMILES string of the molecule is COc1cc(CNC2CCCCCC2)cc(Br)c1OCc1ccccc1.Cl. The molecule has 27 heavy (non-hydrogen) atoms. The van der Waals surface area contributed by atoms with Crippen LogP contribution in [0.1, 0.15) is 49.7 Å². The van der Waals surface area contributed by atoms with Gasteiger partial charge in [-0.25, -0.2) is 0 Å². The number of hydrogen-bond acceptors (Lipinski definition) is 3. The van der Waals surface area contributed by atoms with E-state index in [1.807, 2.05) is 18.2 Å². The highest BCUT2D eigenvalue weighted by Crippen LogP contribution is 2.37. The summed E-state index contributed by atoms with van der Waals surface area (Å²) >= 11 is 3.66. The molecule has 0 amide bonds. The van der Waals surface area contributed by atoms with Gasteiger partial charge < -0.3 is 14.8 Å². The van der Waals surface area contributed by atoms with Crippen LogP contribution in [-0.4, -0.2) is 13.2 Å². The monoisotopic (exact) mass is 453 g/mol. The summed E-state index contributed by atoms with van der Waals surface area (Å²) in [5.74, 6) is 1.53. The van der Waals surface area contributed by atoms with E-state index in [0.717, 1.165) is 28.1 Å². The van der Waals surface area contributed by atoms with Crippen LogP contribution in [0.2, 0.25) is 0 Å². The smallest absolute Gasteiger partial charge is 0.175 e. The maximum atomic E-state index is 6.02. The number of rotatable bonds is 7. The first-order valence-corrected chi connectivity index (χ1v) is 10.3. The number of nitrogens with one attached hydrogen (secondary N) is 1. The fourth-order valence-corrected chi connectivity index (χ4v) is 4.09. The standard InChI is InChI=1S/C22H28BrNO2.ClH/c1-25-21-14-18(15-24-19-11-7-2-3-8-12-19)13-20(23)22(21)26-16-17-9-5-4-6-10-17;/h4-6,9-10,13-14,19,24H,2-3,7-8,11-12,15-16H2,1H3;1H. The molecule has 2 aromatic carbocycles. The van der Waals surface area contributed by atoms with Crippen molar-refractivity contribution in [1.29, 1.82) is 0 Å². The van der Waals surface area contributed by atoms with Gasteiger partial charge in [0.15, 0.2) is 11.5 Å². The highest BCUT2D eigenvalue weighted by molar-refractivity contribution is 9.10. The van der Waals surface area contributed by atoms with E-state index >= 15 is 0 Å². The molecule has 0 spiro atoms. The van der Waals surface area contributed by atoms with E-state index in [9.17, 15) is 0 Å². The Morgan fingerprint density at radius 1 is 1.00 bits per heavy atom. The van der Waals surface area contributed by atoms with E-state index in [1.165, 1.54) is 44.1 Å². The second-order valence-corrected chi connectivity index (χ2v) is 7.81. The Balaban J connectivity index is 0.00000261. The van der Waals surface area contributed by atoms with Crippen molar-refractivity contribution in [3.05, 3.63) is 58.1 Å². The van der Waals surface area contributed by atoms with Crippen molar-refractivity contribution in [2.24, 2.45) is 0 Å². The zero-order valence-electron chi connectivity index (χ0n) is 15.9. The molecule has 0 bridgehead atoms. The van der Waals surface area contributed by atoms with Crippen LogP contribution in [-0.2, 0) is 13.2 Å². The average Bonchev–Trinajstić information content (AvgIpc) is 2.94. The first kappa shape index (κ1) is 22.1. The largest absolute Gasteiger partial charge is 0.493 e. The van der Waals surface area contributed by atoms with Gasteiger partial charge in [-0.2, -0.15) is 0 Å². The summed E-state index contributed by atoms with van der Waals surface area (Å²) in [5.41, 5.74) is 2.35. The van der Waals surface area contributed by atoms with Crippen LogP contribution < -0.4 is 14.8 Å². The summed E-state index contributed by atoms with van der Waals surface area (Å²) in [4.78, 5) is 0. The van der Waals surface area contributed by atoms with Crippen molar-refractivity contribution in [2.45, 2.75) is 57.7 Å². The lowest BCUT2D eigenvalue weighted by Gasteiger charge is -2.18. The molecule has 0 atom stereocenters. The lowest BCUT2D eigenvalue weighted by atomic mass is 10.1. The van der Waals surface area contributed by atoms with Gasteiger partial charge in [-0.1, -0.05) is 56.0 Å². The zero-order valence-corrected chi connectivity index (χ0v) is 18.3. The summed E-state index contributed by atoms with van der Waals surface area (Å²) in [7, 11) is 1.69. The van der Waals surface area contributed by atoms with E-state index < -0.39 is 0 Å². The Kier molecular flexibility index (Phi) is 9.46. The average molecular weight is 455 g/mol. The number of halogens is 2. The summed E-state index contributed by atoms with van der Waals surface area (Å²) in [6.45, 7) is 1.38. The van der Waals surface area contributed by atoms with Crippen molar-refractivity contribution in [1.82, 2.24) is 5.32 Å². The molecule has 5 heteroatoms. The van der Waals surface area contributed by atoms with Gasteiger partial charge in [0, 0.05) is 12.6 Å². The van der Waals surface area contributed by atoms with Gasteiger partial charge in [0.1, 0.15) is 6.61 Å². The number of ether oxygens (including phenoxy) is 2. The van der Waals surface area contributed by atoms with Gasteiger partial charge in [0.05, 0.1) is 11.6 Å². The Hall–Kier alpha value is -1.23. The molecule has 1 aliphatic rings. The lowest BCUT2D eigenvalue weighted by Crippen LogP contribution is -2.27. The van der Waals surface area contributed by atoms with E-state index in [4.69, 9.17) is 9.47 Å². The number of hydrogen-bond donors (Lipinski definition) is 1. The maximum absolute atomic E-state index is 6.02. The molecular formula is C22H29BrClNO2. The Bertz CT molecular complexity index is 688. The van der Waals surface area contributed by atoms with Crippen LogP contribution in [0.15, 0.2) is 46.9 Å². The molecule has 0 radical (unpaired) electrons. The van der Waals surface area contributed by atoms with Gasteiger partial charge in [-0.3, -0.25) is 0 Å². The Morgan fingerprint density at radius 3 is 2.37 bits per heavy atom. The number of methoxy groups -OCH3 is 1. The van der Waals surface area contributed by atoms with Crippen molar-refractivity contribution in [3.63, 3.8) is 0 Å². The molecule has 0 aromatic heterocycles. The third-order valence-corrected chi connectivity index (χ3v) is 5.55. The fraction of sp³-hybridized carbons (Fsp3) is 0.455. The minimum atomic E-state index is 0. The third-order valence-electron chi connectivity index (χ3n) is 4.97. The summed E-state index contributed by atoms with van der Waals surface area (Å²) < 4.78 is 12.5. The van der Waals surface area contributed by atoms with Gasteiger partial charge in [0.2, 0.25) is 0 Å². The molecule has 3 rings (SSSR count). The normalized spacial score (nSPS) is 14.9. The summed E-state index contributed by atoms with van der Waals surface area (Å²) in [5, 5.41) is 3.72. The molecule has 2 aromatic rings. The van der Waals surface area contributed by atoms with Crippen molar-refractivity contribution in [2.75, 3.05) is 7.11 Å². The van der Waals surface area contributed by atoms with Crippen LogP contribution in [0, 0.1) is 0 Å². The maximum Gasteiger partial charge on any atom is 0.175 e. The molecule has 1 saturated carbocycles. The minimum Gasteiger partial charge on any atom is -0.493 e. The molecule has 3 nitrogen and oxygen atoms in total. The van der Waals surface area contributed by atoms with E-state index in [2.05, 4.69) is 45.5 Å². The molecule has 0 unspecified atom stereocenters. The minimum absolute atomic E-state index is 0. The second kappa shape index (κ2) is 11.6. The van der Waals surface area contributed by atoms with Crippen molar-refractivity contribution < 1.29 is 9.47 Å². The lowest BCUT2D eigenvalue weighted by molar-refractivity contribution is 0.282. The van der Waals surface area contributed by atoms with Crippen molar-refractivity contribution >= 4 is 28.3 Å². The van der Waals surface area contributed by atoms with Gasteiger partial charge >= 0.3 is 0 Å². The van der Waals surface area contributed by atoms with Gasteiger partial charge in [0.25, 0.3) is 0 Å². The first-order chi connectivity index (χ1) is 12.8. The van der Waals surface area contributed by atoms with Crippen molar-refractivity contribution in [3.8, 4) is 11.5 Å². The van der Waals surface area contributed by atoms with Crippen LogP contribution in [0.4, 0.5) is 0 Å². The predicted molar refractivity (Wildman–Crippen MR) is 117 cm³/mol. The molecule has 1 fully saturated rings. The van der Waals surface area contributed by atoms with Crippen LogP contribution in [0.3, 0.4) is 0 Å². The van der Waals surface area contributed by atoms with Gasteiger partial charge in [-0.05, 0) is 52.0 Å². The summed E-state index contributed by atoms with van der Waals surface area (Å²) in [6, 6.07) is 15.0. The van der Waals surface area contributed by atoms with Crippen LogP contribution in [0.25, 0.3) is 0 Å². The highest BCUT2D eigenvalue weighted by Gasteiger charge is 2.15. The molecule has 148 valence electrons. The third kappa shape index (κ3) is 6.70. The van der Waals surface area contributed by atoms with E-state index in [-0.39, 0.29) is 12.4 Å². The van der Waals surface area contributed by atoms with E-state index in [1.54, 1.807) is 7.11 Å². The molecular weight excluding hydrogens is 426 g/mol. The fourth-order valence-electron chi connectivity index (χ4n) is 3.49. The summed E-state index contributed by atoms with van der Waals surface area (Å²) in [6.07, 6.45) is 8.02. The second-order valence-electron chi connectivity index (χ2n) is 6.95. The predicted octanol–water partition coefficient (Wildman–Crippen LogP) is 6.27. The molecule has 0 saturated heterocycles. The highest BCUT2D eigenvalue weighted by atomic mass is 79.9. The first-order valence-electron chi connectivity index (χ1n) is 9.53. The van der Waals surface area contributed by atoms with Crippen LogP contribution in [0.5, 0.6) is 11.5 Å². The van der Waals surface area contributed by atoms with E-state index in [0.29, 0.717) is 12.6 Å². The zero-order chi connectivity index (χ0) is 18.2. The Morgan fingerprint density at radius 2 is 1.70 bits per heavy atom. The quantitative estimate of drug-likeness (QED) is 0.500. The Labute approximate surface area is 177 Å². The molecule has 0 heterocycles. The number of benzene rings is 2. The van der Waals surface area contributed by atoms with Gasteiger partial charge in [-0.15, -0.1) is 12.4 Å². The molecule has 0 aliphatic heterocycles.